The van der Waals surface area contributed by atoms with Crippen LogP contribution in [0.15, 0.2) is 163 Å². The number of nitrogens with one attached hydrogen (secondary N) is 10. The molecule has 0 spiro atoms. The fourth-order valence-corrected chi connectivity index (χ4v) is 23.8. The van der Waals surface area contributed by atoms with Gasteiger partial charge in [0.25, 0.3) is 0 Å². The Morgan fingerprint density at radius 1 is 0.699 bits per heavy atom. The lowest BCUT2D eigenvalue weighted by molar-refractivity contribution is -0.347. The van der Waals surface area contributed by atoms with Gasteiger partial charge in [-0.25, -0.2) is 19.2 Å². The number of para-hydroxylation sites is 1. The normalized spacial score (nSPS) is 25.9. The molecule has 5 aliphatic rings. The Bertz CT molecular complexity index is 5550. The molecule has 6 aromatic rings. The molecule has 4 fully saturated rings. The number of carbonyl (C=O) groups excluding carboxylic acids is 14. The summed E-state index contributed by atoms with van der Waals surface area (Å²) in [5.41, 5.74) is 0.202. The van der Waals surface area contributed by atoms with Crippen molar-refractivity contribution in [2.45, 2.75) is 267 Å². The number of aliphatic hydroxyl groups excluding tert-OH is 3. The number of nitrogens with two attached hydrogens (primary N) is 1. The Morgan fingerprint density at radius 2 is 1.32 bits per heavy atom. The molecule has 21 atom stereocenters. The van der Waals surface area contributed by atoms with Gasteiger partial charge in [0.05, 0.1) is 54.5 Å². The van der Waals surface area contributed by atoms with E-state index in [1.54, 1.807) is 176 Å². The largest absolute Gasteiger partial charge is 0.455 e. The molecule has 2 saturated carbocycles. The van der Waals surface area contributed by atoms with E-state index in [9.17, 15) is 54.0 Å². The molecular weight excluding hydrogens is 1960 g/mol. The number of Topliss-reactive ketones (excluding diaryl/α,β-unsaturated/α-hetero) is 1. The van der Waals surface area contributed by atoms with Gasteiger partial charge in [-0.2, -0.15) is 0 Å². The zero-order valence-corrected chi connectivity index (χ0v) is 87.7. The van der Waals surface area contributed by atoms with Gasteiger partial charge in [0.2, 0.25) is 53.4 Å². The summed E-state index contributed by atoms with van der Waals surface area (Å²) in [5, 5.41) is 71.8. The zero-order chi connectivity index (χ0) is 106. The summed E-state index contributed by atoms with van der Waals surface area (Å²) < 4.78 is 50.6. The number of aliphatic hydroxyl groups is 4. The predicted molar refractivity (Wildman–Crippen MR) is 549 cm³/mol. The van der Waals surface area contributed by atoms with Crippen molar-refractivity contribution in [2.24, 2.45) is 22.5 Å². The summed E-state index contributed by atoms with van der Waals surface area (Å²) in [6, 6.07) is 27.0. The smallest absolute Gasteiger partial charge is 0.410 e. The van der Waals surface area contributed by atoms with Gasteiger partial charge in [-0.15, -0.1) is 0 Å². The Morgan fingerprint density at radius 3 is 1.93 bits per heavy atom. The van der Waals surface area contributed by atoms with Gasteiger partial charge in [0, 0.05) is 118 Å². The van der Waals surface area contributed by atoms with Crippen LogP contribution in [0.2, 0.25) is 0 Å². The number of unbranched alkanes of at least 4 members (excludes halogenated alkanes) is 2. The van der Waals surface area contributed by atoms with Crippen molar-refractivity contribution in [3.05, 3.63) is 191 Å². The standard InChI is InChI=1S/C104H138N12O26S4/c1-14-15-45-116(99(133)139-85(83(65-36-24-18-25-37-65)115-98(132)142-100(6,7)8)97(131)138-77-53-104(134)88(140-96(130)66-38-26-19-27-39-66)86-102(11,87(122)84(136-13)81(59(77)2)101(104,9)10)78(135-12)52-79-103(86,58-137-79)141-62(5)120)46-48-144-143-47-43-80(121)107-71(49-63-32-20-16-21-33-63)90(124)112-75-56-145-146-57-76(94(128)111-74(55-117)60(3)118)113-95(129)82(61(4)119)114-89(123)70(42-30-31-44-105)108-92(126)73(51-67-54-106-69-41-29-28-40-68(67)69)110-91(125)72(109-93(75)127)50-64-34-22-17-23-35-64/h16-29,32-41,54,60-61,70-79,82-86,88,106,117-119,134H,14-15,30-31,42-53,55-58,105H2,1-13H3,(H,107,121)(H,108,126)(H,109,127)(H,110,125)(H,111,128)(H,112,124)(H,113,129)(H,114,123)(H,115,132)/t60-,61-,70+,71-,72+,73-,74-,75+,76+,77?,78+,79-,82+,83+,84-,85-,86+,88+,102-,103+,104-/m1/s1. The minimum absolute atomic E-state index is 0.0195. The van der Waals surface area contributed by atoms with Gasteiger partial charge in [0.15, 0.2) is 11.4 Å². The molecule has 1 unspecified atom stereocenters. The zero-order valence-electron chi connectivity index (χ0n) is 84.4. The van der Waals surface area contributed by atoms with E-state index in [1.165, 1.54) is 73.6 Å². The van der Waals surface area contributed by atoms with Crippen LogP contribution in [-0.4, -0.2) is 297 Å². The van der Waals surface area contributed by atoms with E-state index in [-0.39, 0.29) is 116 Å². The van der Waals surface area contributed by atoms with Gasteiger partial charge in [-0.3, -0.25) is 47.9 Å². The van der Waals surface area contributed by atoms with E-state index in [1.807, 2.05) is 19.1 Å². The van der Waals surface area contributed by atoms with E-state index < -0.39 is 233 Å². The number of amides is 10. The number of hydrogen-bond acceptors (Lipinski definition) is 31. The first kappa shape index (κ1) is 115. The first-order valence-corrected chi connectivity index (χ1v) is 54.0. The van der Waals surface area contributed by atoms with Crippen LogP contribution in [0.4, 0.5) is 9.59 Å². The average Bonchev–Trinajstić information content (AvgIpc) is 0.698. The molecule has 3 aliphatic carbocycles. The van der Waals surface area contributed by atoms with Gasteiger partial charge in [0.1, 0.15) is 84.0 Å². The topological polar surface area (TPSA) is 547 Å². The Kier molecular flexibility index (Phi) is 41.5. The summed E-state index contributed by atoms with van der Waals surface area (Å²) >= 11 is 0. The number of esters is 3. The summed E-state index contributed by atoms with van der Waals surface area (Å²) in [6.45, 7) is 16.2. The number of aromatic amines is 1. The lowest BCUT2D eigenvalue weighted by Crippen LogP contribution is -2.82. The van der Waals surface area contributed by atoms with Crippen molar-refractivity contribution in [3.8, 4) is 0 Å². The third kappa shape index (κ3) is 28.7. The fourth-order valence-electron chi connectivity index (χ4n) is 19.5. The maximum atomic E-state index is 16.3. The summed E-state index contributed by atoms with van der Waals surface area (Å²) in [5.74, 6) is -12.5. The van der Waals surface area contributed by atoms with Crippen LogP contribution in [0.1, 0.15) is 166 Å². The maximum absolute atomic E-state index is 16.3. The number of hydrogen-bond donors (Lipinski definition) is 15. The molecule has 42 heteroatoms. The molecule has 794 valence electrons. The lowest BCUT2D eigenvalue weighted by Gasteiger charge is -2.67. The van der Waals surface area contributed by atoms with Crippen molar-refractivity contribution in [1.29, 1.82) is 0 Å². The molecule has 3 heterocycles. The Balaban J connectivity index is 0.855. The average molecular weight is 2100 g/mol. The molecule has 146 heavy (non-hydrogen) atoms. The first-order valence-electron chi connectivity index (χ1n) is 49.1. The Labute approximate surface area is 865 Å². The minimum Gasteiger partial charge on any atom is -0.455 e. The van der Waals surface area contributed by atoms with Crippen molar-refractivity contribution >= 4 is 137 Å². The quantitative estimate of drug-likeness (QED) is 0.00610. The van der Waals surface area contributed by atoms with Gasteiger partial charge in [-0.05, 0) is 132 Å². The molecule has 2 bridgehead atoms. The molecule has 0 radical (unpaired) electrons. The highest BCUT2D eigenvalue weighted by atomic mass is 33.1. The van der Waals surface area contributed by atoms with Gasteiger partial charge in [-0.1, -0.05) is 198 Å². The number of H-pyrrole nitrogens is 1. The molecule has 10 amide bonds. The highest BCUT2D eigenvalue weighted by molar-refractivity contribution is 8.77. The monoisotopic (exact) mass is 2100 g/mol. The highest BCUT2D eigenvalue weighted by Crippen LogP contribution is 2.65. The van der Waals surface area contributed by atoms with E-state index >= 15 is 33.6 Å². The number of fused-ring (bicyclic) bond motifs is 6. The lowest BCUT2D eigenvalue weighted by atomic mass is 9.44. The molecule has 5 aromatic carbocycles. The minimum atomic E-state index is -2.43. The predicted octanol–water partition coefficient (Wildman–Crippen LogP) is 6.95. The molecule has 11 rings (SSSR count). The van der Waals surface area contributed by atoms with E-state index in [0.717, 1.165) is 21.6 Å². The van der Waals surface area contributed by atoms with Crippen molar-refractivity contribution < 1.29 is 125 Å². The first-order chi connectivity index (χ1) is 69.5. The number of ketones is 1. The SMILES string of the molecule is CCCCN(CCSSCCC(=O)N[C@H](Cc1ccccc1)C(=O)N[C@H]1CSSC[C@@H](C(=O)N[C@H](CO)[C@@H](C)O)NC(=O)[C@H]([C@@H](C)O)NC(=O)[C@H](CCCCN)NC(=O)[C@@H](Cc2c[nH]c3ccccc23)NC(=O)[C@H](Cc2ccccc2)NC1=O)C(=O)O[C@@H](C(=O)OC1C[C@@]2(O)[C@@H](OC(=O)c3ccccc3)[C@@H]3[C@]4(OC(C)=O)CO[C@@H]4C[C@H](OC)[C@@]3(C)C(=O)[C@H](OC)C(=C1C)C2(C)C)[C@@H](NC(=O)OC(C)(C)C)c1ccccc1. The van der Waals surface area contributed by atoms with E-state index in [0.29, 0.717) is 46.9 Å². The third-order valence-electron chi connectivity index (χ3n) is 27.4. The van der Waals surface area contributed by atoms with Crippen LogP contribution in [0.3, 0.4) is 0 Å². The summed E-state index contributed by atoms with van der Waals surface area (Å²) in [7, 11) is 7.09. The number of benzene rings is 5. The summed E-state index contributed by atoms with van der Waals surface area (Å²) in [4.78, 5) is 215. The van der Waals surface area contributed by atoms with Crippen LogP contribution in [0, 0.1) is 16.7 Å². The van der Waals surface area contributed by atoms with Crippen LogP contribution in [0.25, 0.3) is 10.9 Å². The Hall–Kier alpha value is -11.2. The number of nitrogens with zero attached hydrogens (tertiary/aromatic N) is 1. The molecular formula is C104H138N12O26S4. The second-order valence-corrected chi connectivity index (χ2v) is 44.3. The second kappa shape index (κ2) is 52.6. The molecule has 2 aliphatic heterocycles. The van der Waals surface area contributed by atoms with Crippen molar-refractivity contribution in [1.82, 2.24) is 57.7 Å². The second-order valence-electron chi connectivity index (χ2n) is 39.1. The third-order valence-corrected chi connectivity index (χ3v) is 32.2. The van der Waals surface area contributed by atoms with Gasteiger partial charge < -0.3 is 122 Å². The molecule has 2 saturated heterocycles. The van der Waals surface area contributed by atoms with Crippen molar-refractivity contribution in [3.63, 3.8) is 0 Å². The summed E-state index contributed by atoms with van der Waals surface area (Å²) in [6.07, 6.45) is -12.1. The molecule has 16 N–H and O–H groups in total. The van der Waals surface area contributed by atoms with Crippen LogP contribution >= 0.6 is 43.2 Å². The number of alkyl carbamates (subject to hydrolysis) is 1. The number of carbonyl (C=O) groups is 14. The fraction of sp³-hybridized carbons (Fsp3) is 0.538. The number of rotatable bonds is 39. The van der Waals surface area contributed by atoms with Crippen molar-refractivity contribution in [2.75, 3.05) is 70.1 Å². The molecule has 38 nitrogen and oxygen atoms in total. The number of aromatic nitrogens is 1. The van der Waals surface area contributed by atoms with Crippen LogP contribution < -0.4 is 53.6 Å². The van der Waals surface area contributed by atoms with Crippen LogP contribution in [-0.2, 0) is 110 Å². The van der Waals surface area contributed by atoms with Crippen LogP contribution in [0.5, 0.6) is 0 Å². The highest BCUT2D eigenvalue weighted by Gasteiger charge is 2.78. The van der Waals surface area contributed by atoms with E-state index in [2.05, 4.69) is 52.8 Å². The van der Waals surface area contributed by atoms with E-state index in [4.69, 9.17) is 43.6 Å². The number of ether oxygens (including phenoxy) is 8. The molecule has 1 aromatic heterocycles. The van der Waals surface area contributed by atoms with Gasteiger partial charge >= 0.3 is 30.1 Å². The number of methoxy groups -OCH3 is 2. The maximum Gasteiger partial charge on any atom is 0.410 e.